The Bertz CT molecular complexity index is 541. The average molecular weight is 267 g/mol. The van der Waals surface area contributed by atoms with Crippen LogP contribution in [-0.2, 0) is 4.79 Å². The van der Waals surface area contributed by atoms with Gasteiger partial charge in [-0.05, 0) is 24.0 Å². The molecule has 1 aromatic rings. The van der Waals surface area contributed by atoms with Crippen LogP contribution >= 0.6 is 0 Å². The Morgan fingerprint density at radius 1 is 1.42 bits per heavy atom. The summed E-state index contributed by atoms with van der Waals surface area (Å²) in [5, 5.41) is 19.9. The molecule has 19 heavy (non-hydrogen) atoms. The minimum absolute atomic E-state index is 0.0452. The summed E-state index contributed by atoms with van der Waals surface area (Å²) >= 11 is 0. The molecule has 2 unspecified atom stereocenters. The second-order valence-corrected chi connectivity index (χ2v) is 4.32. The predicted octanol–water partition coefficient (Wildman–Crippen LogP) is 1.80. The number of hydrogen-bond acceptors (Lipinski definition) is 5. The molecule has 0 amide bonds. The highest BCUT2D eigenvalue weighted by Gasteiger charge is 2.45. The van der Waals surface area contributed by atoms with Gasteiger partial charge in [-0.15, -0.1) is 0 Å². The van der Waals surface area contributed by atoms with Crippen molar-refractivity contribution in [3.05, 3.63) is 27.8 Å². The molecule has 1 fully saturated rings. The normalized spacial score (nSPS) is 20.7. The number of nitro groups is 1. The molecule has 0 spiro atoms. The van der Waals surface area contributed by atoms with Crippen LogP contribution < -0.4 is 9.47 Å². The quantitative estimate of drug-likeness (QED) is 0.645. The van der Waals surface area contributed by atoms with Crippen LogP contribution in [0.15, 0.2) is 12.1 Å². The van der Waals surface area contributed by atoms with Gasteiger partial charge in [0.2, 0.25) is 5.75 Å². The first-order valence-corrected chi connectivity index (χ1v) is 5.62. The van der Waals surface area contributed by atoms with Crippen molar-refractivity contribution in [2.75, 3.05) is 14.2 Å². The molecule has 0 radical (unpaired) electrons. The molecule has 1 aliphatic rings. The van der Waals surface area contributed by atoms with Crippen molar-refractivity contribution in [1.82, 2.24) is 0 Å². The maximum Gasteiger partial charge on any atom is 0.315 e. The van der Waals surface area contributed by atoms with Crippen LogP contribution in [0.2, 0.25) is 0 Å². The number of ether oxygens (including phenoxy) is 2. The van der Waals surface area contributed by atoms with Gasteiger partial charge in [-0.25, -0.2) is 0 Å². The third-order valence-electron chi connectivity index (χ3n) is 3.21. The Morgan fingerprint density at radius 2 is 2.11 bits per heavy atom. The fraction of sp³-hybridized carbons (Fsp3) is 0.417. The maximum atomic E-state index is 11.0. The van der Waals surface area contributed by atoms with E-state index in [1.54, 1.807) is 6.07 Å². The van der Waals surface area contributed by atoms with Crippen molar-refractivity contribution in [1.29, 1.82) is 0 Å². The number of nitrogens with zero attached hydrogens (tertiary/aromatic N) is 1. The van der Waals surface area contributed by atoms with E-state index in [1.807, 2.05) is 0 Å². The van der Waals surface area contributed by atoms with Crippen molar-refractivity contribution in [3.63, 3.8) is 0 Å². The van der Waals surface area contributed by atoms with Gasteiger partial charge in [-0.2, -0.15) is 0 Å². The monoisotopic (exact) mass is 267 g/mol. The smallest absolute Gasteiger partial charge is 0.315 e. The van der Waals surface area contributed by atoms with Gasteiger partial charge in [-0.3, -0.25) is 14.9 Å². The third-order valence-corrected chi connectivity index (χ3v) is 3.21. The van der Waals surface area contributed by atoms with Gasteiger partial charge in [0.25, 0.3) is 0 Å². The van der Waals surface area contributed by atoms with Crippen molar-refractivity contribution < 1.29 is 24.3 Å². The van der Waals surface area contributed by atoms with Gasteiger partial charge in [0.05, 0.1) is 25.1 Å². The highest BCUT2D eigenvalue weighted by Crippen LogP contribution is 2.51. The largest absolute Gasteiger partial charge is 0.493 e. The molecule has 0 aliphatic heterocycles. The van der Waals surface area contributed by atoms with Gasteiger partial charge < -0.3 is 14.6 Å². The van der Waals surface area contributed by atoms with Crippen LogP contribution in [0.1, 0.15) is 17.9 Å². The molecule has 0 heterocycles. The lowest BCUT2D eigenvalue weighted by molar-refractivity contribution is -0.385. The van der Waals surface area contributed by atoms with Crippen molar-refractivity contribution >= 4 is 11.7 Å². The molecule has 0 saturated heterocycles. The van der Waals surface area contributed by atoms with Gasteiger partial charge in [0, 0.05) is 6.07 Å². The van der Waals surface area contributed by atoms with Gasteiger partial charge in [-0.1, -0.05) is 0 Å². The van der Waals surface area contributed by atoms with Crippen LogP contribution in [0.25, 0.3) is 0 Å². The molecular formula is C12H13NO6. The number of hydrogen-bond donors (Lipinski definition) is 1. The number of rotatable bonds is 5. The number of benzene rings is 1. The van der Waals surface area contributed by atoms with Crippen molar-refractivity contribution in [3.8, 4) is 11.5 Å². The SMILES string of the molecule is COc1cc(C2CC2C(=O)O)cc([N+](=O)[O-])c1OC. The lowest BCUT2D eigenvalue weighted by atomic mass is 10.1. The number of carbonyl (C=O) groups is 1. The Kier molecular flexibility index (Phi) is 3.28. The zero-order valence-electron chi connectivity index (χ0n) is 10.5. The minimum Gasteiger partial charge on any atom is -0.493 e. The van der Waals surface area contributed by atoms with E-state index in [1.165, 1.54) is 20.3 Å². The molecule has 7 nitrogen and oxygen atoms in total. The summed E-state index contributed by atoms with van der Waals surface area (Å²) < 4.78 is 10.0. The average Bonchev–Trinajstić information content (AvgIpc) is 3.17. The van der Waals surface area contributed by atoms with E-state index in [0.29, 0.717) is 12.0 Å². The first-order chi connectivity index (χ1) is 8.99. The summed E-state index contributed by atoms with van der Waals surface area (Å²) in [6, 6.07) is 2.95. The van der Waals surface area contributed by atoms with E-state index < -0.39 is 16.8 Å². The number of methoxy groups -OCH3 is 2. The molecular weight excluding hydrogens is 254 g/mol. The molecule has 7 heteroatoms. The predicted molar refractivity (Wildman–Crippen MR) is 64.7 cm³/mol. The Balaban J connectivity index is 2.44. The third kappa shape index (κ3) is 2.31. The molecule has 2 rings (SSSR count). The number of carboxylic acids is 1. The fourth-order valence-electron chi connectivity index (χ4n) is 2.15. The van der Waals surface area contributed by atoms with E-state index in [2.05, 4.69) is 0 Å². The zero-order chi connectivity index (χ0) is 14.2. The Morgan fingerprint density at radius 3 is 2.53 bits per heavy atom. The Hall–Kier alpha value is -2.31. The topological polar surface area (TPSA) is 98.9 Å². The summed E-state index contributed by atoms with van der Waals surface area (Å²) in [5.41, 5.74) is 0.379. The van der Waals surface area contributed by atoms with Crippen molar-refractivity contribution in [2.45, 2.75) is 12.3 Å². The molecule has 0 aromatic heterocycles. The second-order valence-electron chi connectivity index (χ2n) is 4.32. The highest BCUT2D eigenvalue weighted by atomic mass is 16.6. The number of aliphatic carboxylic acids is 1. The number of nitro benzene ring substituents is 1. The molecule has 102 valence electrons. The maximum absolute atomic E-state index is 11.0. The van der Waals surface area contributed by atoms with Crippen LogP contribution in [0.3, 0.4) is 0 Å². The molecule has 1 saturated carbocycles. The second kappa shape index (κ2) is 4.75. The van der Waals surface area contributed by atoms with Crippen LogP contribution in [0, 0.1) is 16.0 Å². The number of carboxylic acid groups (broad SMARTS) is 1. The summed E-state index contributed by atoms with van der Waals surface area (Å²) in [4.78, 5) is 21.3. The Labute approximate surface area is 108 Å². The molecule has 2 atom stereocenters. The van der Waals surface area contributed by atoms with Gasteiger partial charge >= 0.3 is 11.7 Å². The summed E-state index contributed by atoms with van der Waals surface area (Å²) in [5.74, 6) is -1.28. The lowest BCUT2D eigenvalue weighted by Crippen LogP contribution is -2.01. The van der Waals surface area contributed by atoms with Crippen molar-refractivity contribution in [2.24, 2.45) is 5.92 Å². The lowest BCUT2D eigenvalue weighted by Gasteiger charge is -2.10. The van der Waals surface area contributed by atoms with E-state index in [9.17, 15) is 14.9 Å². The molecule has 1 aliphatic carbocycles. The standard InChI is InChI=1S/C12H13NO6/c1-18-10-4-6(7-5-8(7)12(14)15)3-9(13(16)17)11(10)19-2/h3-4,7-8H,5H2,1-2H3,(H,14,15). The van der Waals surface area contributed by atoms with Gasteiger partial charge in [0.1, 0.15) is 0 Å². The fourth-order valence-corrected chi connectivity index (χ4v) is 2.15. The first-order valence-electron chi connectivity index (χ1n) is 5.62. The van der Waals surface area contributed by atoms with E-state index in [-0.39, 0.29) is 23.1 Å². The molecule has 1 N–H and O–H groups in total. The van der Waals surface area contributed by atoms with Crippen LogP contribution in [0.5, 0.6) is 11.5 Å². The van der Waals surface area contributed by atoms with E-state index >= 15 is 0 Å². The molecule has 1 aromatic carbocycles. The summed E-state index contributed by atoms with van der Waals surface area (Å²) in [6.45, 7) is 0. The summed E-state index contributed by atoms with van der Waals surface area (Å²) in [6.07, 6.45) is 0.488. The first kappa shape index (κ1) is 13.1. The van der Waals surface area contributed by atoms with Crippen LogP contribution in [0.4, 0.5) is 5.69 Å². The van der Waals surface area contributed by atoms with E-state index in [4.69, 9.17) is 14.6 Å². The van der Waals surface area contributed by atoms with E-state index in [0.717, 1.165) is 0 Å². The highest BCUT2D eigenvalue weighted by molar-refractivity contribution is 5.75. The zero-order valence-corrected chi connectivity index (χ0v) is 10.5. The minimum atomic E-state index is -0.887. The molecule has 0 bridgehead atoms. The van der Waals surface area contributed by atoms with Gasteiger partial charge in [0.15, 0.2) is 5.75 Å². The van der Waals surface area contributed by atoms with Crippen LogP contribution in [-0.4, -0.2) is 30.2 Å². The summed E-state index contributed by atoms with van der Waals surface area (Å²) in [7, 11) is 2.70.